The second-order valence-corrected chi connectivity index (χ2v) is 7.43. The number of carbonyl (C=O) groups is 1. The molecule has 2 aromatic rings. The van der Waals surface area contributed by atoms with Crippen LogP contribution in [-0.4, -0.2) is 65.1 Å². The van der Waals surface area contributed by atoms with E-state index in [9.17, 15) is 4.79 Å². The second kappa shape index (κ2) is 7.72. The number of benzene rings is 1. The Labute approximate surface area is 160 Å². The highest BCUT2D eigenvalue weighted by atomic mass is 16.5. The van der Waals surface area contributed by atoms with Gasteiger partial charge >= 0.3 is 0 Å². The molecule has 4 rings (SSSR count). The largest absolute Gasteiger partial charge is 0.497 e. The molecule has 6 nitrogen and oxygen atoms in total. The molecule has 144 valence electrons. The summed E-state index contributed by atoms with van der Waals surface area (Å²) >= 11 is 0. The minimum absolute atomic E-state index is 0.0775. The molecule has 0 aliphatic carbocycles. The number of hydrogen-bond donors (Lipinski definition) is 0. The van der Waals surface area contributed by atoms with Gasteiger partial charge in [0.15, 0.2) is 0 Å². The lowest BCUT2D eigenvalue weighted by Crippen LogP contribution is -2.48. The lowest BCUT2D eigenvalue weighted by Gasteiger charge is -2.33. The second-order valence-electron chi connectivity index (χ2n) is 7.43. The van der Waals surface area contributed by atoms with Crippen LogP contribution in [0.5, 0.6) is 5.75 Å². The molecule has 1 aromatic carbocycles. The van der Waals surface area contributed by atoms with Crippen molar-refractivity contribution in [2.24, 2.45) is 0 Å². The first kappa shape index (κ1) is 18.0. The molecule has 0 radical (unpaired) electrons. The molecule has 0 N–H and O–H groups in total. The van der Waals surface area contributed by atoms with Gasteiger partial charge in [-0.2, -0.15) is 0 Å². The fraction of sp³-hybridized carbons (Fsp3) is 0.524. The number of piperazine rings is 1. The van der Waals surface area contributed by atoms with E-state index in [1.807, 2.05) is 23.2 Å². The van der Waals surface area contributed by atoms with Crippen molar-refractivity contribution in [3.05, 3.63) is 47.5 Å². The number of amides is 1. The summed E-state index contributed by atoms with van der Waals surface area (Å²) in [6, 6.07) is 8.32. The Bertz CT molecular complexity index is 791. The third kappa shape index (κ3) is 3.72. The Morgan fingerprint density at radius 1 is 1.19 bits per heavy atom. The van der Waals surface area contributed by atoms with E-state index in [1.54, 1.807) is 7.11 Å². The third-order valence-corrected chi connectivity index (χ3v) is 5.91. The number of aromatic nitrogens is 2. The van der Waals surface area contributed by atoms with Gasteiger partial charge in [0, 0.05) is 51.3 Å². The van der Waals surface area contributed by atoms with E-state index >= 15 is 0 Å². The fourth-order valence-electron chi connectivity index (χ4n) is 4.12. The Hall–Kier alpha value is -2.34. The molecule has 1 fully saturated rings. The molecule has 0 spiro atoms. The Balaban J connectivity index is 1.44. The van der Waals surface area contributed by atoms with Gasteiger partial charge in [-0.3, -0.25) is 4.79 Å². The summed E-state index contributed by atoms with van der Waals surface area (Å²) in [5, 5.41) is 0. The number of carbonyl (C=O) groups excluding carboxylic acids is 1. The predicted molar refractivity (Wildman–Crippen MR) is 104 cm³/mol. The number of rotatable bonds is 4. The molecule has 0 saturated carbocycles. The Morgan fingerprint density at radius 3 is 2.59 bits per heavy atom. The molecule has 1 atom stereocenters. The monoisotopic (exact) mass is 368 g/mol. The minimum atomic E-state index is 0.0775. The number of likely N-dealkylation sites (N-methyl/N-ethyl adjacent to an activating group) is 1. The van der Waals surface area contributed by atoms with E-state index in [2.05, 4.69) is 33.5 Å². The van der Waals surface area contributed by atoms with Crippen molar-refractivity contribution in [2.75, 3.05) is 39.8 Å². The van der Waals surface area contributed by atoms with Crippen LogP contribution in [0.25, 0.3) is 0 Å². The fourth-order valence-corrected chi connectivity index (χ4v) is 4.12. The van der Waals surface area contributed by atoms with Crippen LogP contribution in [0.2, 0.25) is 0 Å². The summed E-state index contributed by atoms with van der Waals surface area (Å²) in [5.41, 5.74) is 1.92. The van der Waals surface area contributed by atoms with Gasteiger partial charge in [-0.15, -0.1) is 0 Å². The molecule has 6 heteroatoms. The van der Waals surface area contributed by atoms with Crippen molar-refractivity contribution in [3.8, 4) is 5.75 Å². The van der Waals surface area contributed by atoms with Crippen molar-refractivity contribution >= 4 is 5.91 Å². The van der Waals surface area contributed by atoms with E-state index in [4.69, 9.17) is 4.74 Å². The zero-order chi connectivity index (χ0) is 18.8. The molecule has 1 amide bonds. The third-order valence-electron chi connectivity index (χ3n) is 5.91. The summed E-state index contributed by atoms with van der Waals surface area (Å²) in [4.78, 5) is 21.8. The van der Waals surface area contributed by atoms with Gasteiger partial charge in [-0.1, -0.05) is 19.1 Å². The minimum Gasteiger partial charge on any atom is -0.497 e. The first-order chi connectivity index (χ1) is 13.2. The molecule has 3 heterocycles. The van der Waals surface area contributed by atoms with Crippen molar-refractivity contribution in [1.29, 1.82) is 0 Å². The summed E-state index contributed by atoms with van der Waals surface area (Å²) < 4.78 is 7.43. The highest BCUT2D eigenvalue weighted by Gasteiger charge is 2.27. The summed E-state index contributed by atoms with van der Waals surface area (Å²) in [5.74, 6) is 2.45. The van der Waals surface area contributed by atoms with E-state index < -0.39 is 0 Å². The predicted octanol–water partition coefficient (Wildman–Crippen LogP) is 2.40. The molecular formula is C21H28N4O2. The SMILES string of the molecule is CCN1CCN(C(=O)c2cn3c(n2)CC[C@H](c2ccc(OC)cc2)C3)CC1. The van der Waals surface area contributed by atoms with Gasteiger partial charge in [-0.25, -0.2) is 4.98 Å². The van der Waals surface area contributed by atoms with Gasteiger partial charge in [0.2, 0.25) is 0 Å². The molecular weight excluding hydrogens is 340 g/mol. The maximum Gasteiger partial charge on any atom is 0.274 e. The van der Waals surface area contributed by atoms with Gasteiger partial charge in [0.1, 0.15) is 17.3 Å². The first-order valence-electron chi connectivity index (χ1n) is 9.89. The summed E-state index contributed by atoms with van der Waals surface area (Å²) in [6.45, 7) is 7.59. The number of aryl methyl sites for hydroxylation is 1. The normalized spacial score (nSPS) is 20.4. The maximum atomic E-state index is 12.9. The lowest BCUT2D eigenvalue weighted by molar-refractivity contribution is 0.0638. The molecule has 1 aromatic heterocycles. The molecule has 0 bridgehead atoms. The van der Waals surface area contributed by atoms with Crippen LogP contribution in [0.4, 0.5) is 0 Å². The van der Waals surface area contributed by atoms with Gasteiger partial charge in [0.25, 0.3) is 5.91 Å². The molecule has 2 aliphatic rings. The van der Waals surface area contributed by atoms with Gasteiger partial charge in [0.05, 0.1) is 7.11 Å². The van der Waals surface area contributed by atoms with Crippen LogP contribution in [0, 0.1) is 0 Å². The quantitative estimate of drug-likeness (QED) is 0.832. The van der Waals surface area contributed by atoms with E-state index in [1.165, 1.54) is 5.56 Å². The van der Waals surface area contributed by atoms with E-state index in [0.29, 0.717) is 11.6 Å². The summed E-state index contributed by atoms with van der Waals surface area (Å²) in [7, 11) is 1.69. The van der Waals surface area contributed by atoms with Crippen molar-refractivity contribution in [3.63, 3.8) is 0 Å². The van der Waals surface area contributed by atoms with Crippen LogP contribution in [0.1, 0.15) is 41.1 Å². The number of nitrogens with zero attached hydrogens (tertiary/aromatic N) is 4. The van der Waals surface area contributed by atoms with Crippen LogP contribution in [0.15, 0.2) is 30.5 Å². The maximum absolute atomic E-state index is 12.9. The van der Waals surface area contributed by atoms with Crippen molar-refractivity contribution in [1.82, 2.24) is 19.4 Å². The standard InChI is InChI=1S/C21H28N4O2/c1-3-23-10-12-24(13-11-23)21(26)19-15-25-14-17(6-9-20(25)22-19)16-4-7-18(27-2)8-5-16/h4-5,7-8,15,17H,3,6,9-14H2,1-2H3/t17-/m0/s1. The van der Waals surface area contributed by atoms with Crippen LogP contribution in [-0.2, 0) is 13.0 Å². The Kier molecular flexibility index (Phi) is 5.16. The number of ether oxygens (including phenoxy) is 1. The molecule has 2 aliphatic heterocycles. The lowest BCUT2D eigenvalue weighted by atomic mass is 9.91. The highest BCUT2D eigenvalue weighted by Crippen LogP contribution is 2.30. The number of imidazole rings is 1. The number of methoxy groups -OCH3 is 1. The molecule has 1 saturated heterocycles. The number of fused-ring (bicyclic) bond motifs is 1. The Morgan fingerprint density at radius 2 is 1.93 bits per heavy atom. The first-order valence-corrected chi connectivity index (χ1v) is 9.89. The van der Waals surface area contributed by atoms with Crippen molar-refractivity contribution in [2.45, 2.75) is 32.2 Å². The van der Waals surface area contributed by atoms with Crippen LogP contribution >= 0.6 is 0 Å². The van der Waals surface area contributed by atoms with Gasteiger partial charge < -0.3 is 19.1 Å². The molecule has 0 unspecified atom stereocenters. The topological polar surface area (TPSA) is 50.6 Å². The average molecular weight is 368 g/mol. The molecule has 27 heavy (non-hydrogen) atoms. The van der Waals surface area contributed by atoms with Crippen LogP contribution in [0.3, 0.4) is 0 Å². The zero-order valence-electron chi connectivity index (χ0n) is 16.2. The smallest absolute Gasteiger partial charge is 0.274 e. The van der Waals surface area contributed by atoms with Crippen molar-refractivity contribution < 1.29 is 9.53 Å². The van der Waals surface area contributed by atoms with E-state index in [-0.39, 0.29) is 5.91 Å². The highest BCUT2D eigenvalue weighted by molar-refractivity contribution is 5.92. The zero-order valence-corrected chi connectivity index (χ0v) is 16.2. The van der Waals surface area contributed by atoms with Gasteiger partial charge in [-0.05, 0) is 30.7 Å². The van der Waals surface area contributed by atoms with Crippen LogP contribution < -0.4 is 4.74 Å². The van der Waals surface area contributed by atoms with E-state index in [0.717, 1.165) is 63.7 Å². The average Bonchev–Trinajstić information content (AvgIpc) is 3.16. The number of hydrogen-bond acceptors (Lipinski definition) is 4. The summed E-state index contributed by atoms with van der Waals surface area (Å²) in [6.07, 6.45) is 3.93.